The van der Waals surface area contributed by atoms with Crippen LogP contribution in [0.2, 0.25) is 0 Å². The summed E-state index contributed by atoms with van der Waals surface area (Å²) in [6.45, 7) is 12.9. The van der Waals surface area contributed by atoms with Gasteiger partial charge in [-0.3, -0.25) is 0 Å². The molecule has 20 heavy (non-hydrogen) atoms. The summed E-state index contributed by atoms with van der Waals surface area (Å²) < 4.78 is 0. The van der Waals surface area contributed by atoms with Crippen LogP contribution >= 0.6 is 0 Å². The number of benzene rings is 2. The van der Waals surface area contributed by atoms with Crippen LogP contribution in [0.5, 0.6) is 0 Å². The second kappa shape index (κ2) is 7.89. The van der Waals surface area contributed by atoms with Crippen molar-refractivity contribution in [3.05, 3.63) is 70.3 Å². The summed E-state index contributed by atoms with van der Waals surface area (Å²) in [7, 11) is 0. The van der Waals surface area contributed by atoms with Crippen molar-refractivity contribution in [3.63, 3.8) is 0 Å². The predicted molar refractivity (Wildman–Crippen MR) is 90.6 cm³/mol. The van der Waals surface area contributed by atoms with Crippen LogP contribution in [0.15, 0.2) is 42.5 Å². The third kappa shape index (κ3) is 4.23. The lowest BCUT2D eigenvalue weighted by molar-refractivity contribution is 0.752. The summed E-state index contributed by atoms with van der Waals surface area (Å²) in [5.41, 5.74) is 7.07. The minimum absolute atomic E-state index is 0.577. The molecule has 0 heteroatoms. The Bertz CT molecular complexity index is 537. The highest BCUT2D eigenvalue weighted by molar-refractivity contribution is 5.33. The van der Waals surface area contributed by atoms with Crippen LogP contribution in [-0.2, 0) is 6.42 Å². The van der Waals surface area contributed by atoms with E-state index in [4.69, 9.17) is 0 Å². The molecule has 0 heterocycles. The average Bonchev–Trinajstić information content (AvgIpc) is 2.45. The summed E-state index contributed by atoms with van der Waals surface area (Å²) in [6.07, 6.45) is 1.12. The van der Waals surface area contributed by atoms with Crippen LogP contribution in [0.4, 0.5) is 0 Å². The van der Waals surface area contributed by atoms with E-state index >= 15 is 0 Å². The smallest absolute Gasteiger partial charge is 0.0147 e. The molecule has 2 rings (SSSR count). The molecule has 2 aromatic carbocycles. The first-order valence-electron chi connectivity index (χ1n) is 7.69. The molecule has 0 saturated carbocycles. The highest BCUT2D eigenvalue weighted by atomic mass is 14.1. The molecule has 108 valence electrons. The number of aryl methyl sites for hydroxylation is 3. The maximum atomic E-state index is 2.32. The Hall–Kier alpha value is -1.56. The monoisotopic (exact) mass is 268 g/mol. The Morgan fingerprint density at radius 1 is 0.800 bits per heavy atom. The molecule has 0 N–H and O–H groups in total. The quantitative estimate of drug-likeness (QED) is 0.642. The maximum absolute atomic E-state index is 2.32. The van der Waals surface area contributed by atoms with Crippen LogP contribution in [-0.4, -0.2) is 0 Å². The van der Waals surface area contributed by atoms with E-state index in [1.54, 1.807) is 0 Å². The lowest BCUT2D eigenvalue weighted by Crippen LogP contribution is -2.01. The Kier molecular flexibility index (Phi) is 6.51. The van der Waals surface area contributed by atoms with Gasteiger partial charge in [-0.15, -0.1) is 0 Å². The van der Waals surface area contributed by atoms with Crippen molar-refractivity contribution in [2.45, 2.75) is 53.9 Å². The molecule has 0 aliphatic carbocycles. The third-order valence-corrected chi connectivity index (χ3v) is 3.83. The number of hydrogen-bond acceptors (Lipinski definition) is 0. The first kappa shape index (κ1) is 16.5. The van der Waals surface area contributed by atoms with Crippen molar-refractivity contribution in [1.82, 2.24) is 0 Å². The standard InChI is InChI=1S/C18H22.C2H6/c1-13-9-10-17(11-15(13)3)12-16(4)18-8-6-5-7-14(18)2;1-2/h5-11,16H,12H2,1-4H3;1-2H3. The SMILES string of the molecule is CC.Cc1ccc(CC(C)c2ccccc2C)cc1C. The molecule has 0 nitrogen and oxygen atoms in total. The molecule has 0 amide bonds. The van der Waals surface area contributed by atoms with Gasteiger partial charge in [0.05, 0.1) is 0 Å². The van der Waals surface area contributed by atoms with Crippen molar-refractivity contribution in [1.29, 1.82) is 0 Å². The minimum Gasteiger partial charge on any atom is -0.0683 e. The van der Waals surface area contributed by atoms with Gasteiger partial charge >= 0.3 is 0 Å². The second-order valence-electron chi connectivity index (χ2n) is 5.38. The van der Waals surface area contributed by atoms with E-state index in [0.29, 0.717) is 5.92 Å². The third-order valence-electron chi connectivity index (χ3n) is 3.83. The van der Waals surface area contributed by atoms with Crippen molar-refractivity contribution >= 4 is 0 Å². The van der Waals surface area contributed by atoms with Gasteiger partial charge in [0.2, 0.25) is 0 Å². The second-order valence-corrected chi connectivity index (χ2v) is 5.38. The zero-order chi connectivity index (χ0) is 15.1. The Morgan fingerprint density at radius 2 is 1.45 bits per heavy atom. The summed E-state index contributed by atoms with van der Waals surface area (Å²) in [4.78, 5) is 0. The molecule has 1 unspecified atom stereocenters. The average molecular weight is 268 g/mol. The first-order valence-corrected chi connectivity index (χ1v) is 7.69. The van der Waals surface area contributed by atoms with Crippen LogP contribution in [0.25, 0.3) is 0 Å². The van der Waals surface area contributed by atoms with E-state index in [9.17, 15) is 0 Å². The Labute approximate surface area is 124 Å². The lowest BCUT2D eigenvalue weighted by Gasteiger charge is -2.15. The van der Waals surface area contributed by atoms with Gasteiger partial charge < -0.3 is 0 Å². The summed E-state index contributed by atoms with van der Waals surface area (Å²) >= 11 is 0. The molecule has 0 radical (unpaired) electrons. The van der Waals surface area contributed by atoms with Gasteiger partial charge in [0.1, 0.15) is 0 Å². The molecule has 0 bridgehead atoms. The van der Waals surface area contributed by atoms with Crippen LogP contribution < -0.4 is 0 Å². The Balaban J connectivity index is 0.000000956. The zero-order valence-corrected chi connectivity index (χ0v) is 13.8. The Morgan fingerprint density at radius 3 is 2.05 bits per heavy atom. The summed E-state index contributed by atoms with van der Waals surface area (Å²) in [5, 5.41) is 0. The molecule has 0 spiro atoms. The fourth-order valence-corrected chi connectivity index (χ4v) is 2.53. The first-order chi connectivity index (χ1) is 9.58. The van der Waals surface area contributed by atoms with Gasteiger partial charge in [-0.25, -0.2) is 0 Å². The maximum Gasteiger partial charge on any atom is -0.0147 e. The molecule has 0 aromatic heterocycles. The summed E-state index contributed by atoms with van der Waals surface area (Å²) in [5.74, 6) is 0.577. The molecular formula is C20H28. The molecule has 2 aromatic rings. The molecular weight excluding hydrogens is 240 g/mol. The normalized spacial score (nSPS) is 11.5. The number of rotatable bonds is 3. The predicted octanol–water partition coefficient (Wildman–Crippen LogP) is 5.98. The lowest BCUT2D eigenvalue weighted by atomic mass is 9.90. The molecule has 0 fully saturated rings. The van der Waals surface area contributed by atoms with Gasteiger partial charge in [-0.1, -0.05) is 63.2 Å². The highest BCUT2D eigenvalue weighted by Gasteiger charge is 2.09. The van der Waals surface area contributed by atoms with Gasteiger partial charge in [-0.2, -0.15) is 0 Å². The molecule has 1 atom stereocenters. The molecule has 0 aliphatic rings. The van der Waals surface area contributed by atoms with Crippen LogP contribution in [0.1, 0.15) is 54.5 Å². The van der Waals surface area contributed by atoms with Gasteiger partial charge in [0.25, 0.3) is 0 Å². The van der Waals surface area contributed by atoms with E-state index in [1.807, 2.05) is 13.8 Å². The van der Waals surface area contributed by atoms with Crippen molar-refractivity contribution in [3.8, 4) is 0 Å². The van der Waals surface area contributed by atoms with Crippen LogP contribution in [0, 0.1) is 20.8 Å². The topological polar surface area (TPSA) is 0 Å². The fraction of sp³-hybridized carbons (Fsp3) is 0.400. The van der Waals surface area contributed by atoms with E-state index in [0.717, 1.165) is 6.42 Å². The van der Waals surface area contributed by atoms with Crippen molar-refractivity contribution in [2.24, 2.45) is 0 Å². The molecule has 0 aliphatic heterocycles. The zero-order valence-electron chi connectivity index (χ0n) is 13.8. The van der Waals surface area contributed by atoms with E-state index in [2.05, 4.69) is 70.2 Å². The van der Waals surface area contributed by atoms with Gasteiger partial charge in [-0.05, 0) is 60.9 Å². The van der Waals surface area contributed by atoms with E-state index in [1.165, 1.54) is 27.8 Å². The van der Waals surface area contributed by atoms with E-state index < -0.39 is 0 Å². The summed E-state index contributed by atoms with van der Waals surface area (Å²) in [6, 6.07) is 15.5. The van der Waals surface area contributed by atoms with Gasteiger partial charge in [0.15, 0.2) is 0 Å². The number of hydrogen-bond donors (Lipinski definition) is 0. The molecule has 0 saturated heterocycles. The van der Waals surface area contributed by atoms with Gasteiger partial charge in [0, 0.05) is 0 Å². The van der Waals surface area contributed by atoms with Crippen LogP contribution in [0.3, 0.4) is 0 Å². The van der Waals surface area contributed by atoms with Crippen molar-refractivity contribution < 1.29 is 0 Å². The highest BCUT2D eigenvalue weighted by Crippen LogP contribution is 2.24. The minimum atomic E-state index is 0.577. The van der Waals surface area contributed by atoms with Crippen molar-refractivity contribution in [2.75, 3.05) is 0 Å². The fourth-order valence-electron chi connectivity index (χ4n) is 2.53. The van der Waals surface area contributed by atoms with E-state index in [-0.39, 0.29) is 0 Å². The largest absolute Gasteiger partial charge is 0.0683 e.